The SMILES string of the molecule is CC[C@]1(c2ccccc2)Oc2ccc(Cl)c(B3OC(C)(C)C(C)(C)O3)c2[C@@H]1O. The molecule has 1 saturated heterocycles. The molecule has 2 aromatic rings. The molecular formula is C22H26BClO4. The largest absolute Gasteiger partial charge is 0.496 e. The minimum Gasteiger partial charge on any atom is -0.479 e. The molecule has 2 aromatic carbocycles. The third kappa shape index (κ3) is 2.72. The molecule has 4 nitrogen and oxygen atoms in total. The Bertz CT molecular complexity index is 883. The van der Waals surface area contributed by atoms with Crippen LogP contribution in [0.15, 0.2) is 42.5 Å². The highest BCUT2D eigenvalue weighted by Crippen LogP contribution is 2.51. The van der Waals surface area contributed by atoms with Crippen LogP contribution in [0.2, 0.25) is 5.02 Å². The van der Waals surface area contributed by atoms with Gasteiger partial charge >= 0.3 is 7.12 Å². The van der Waals surface area contributed by atoms with Gasteiger partial charge in [-0.05, 0) is 51.8 Å². The van der Waals surface area contributed by atoms with Crippen LogP contribution in [0.1, 0.15) is 58.3 Å². The normalized spacial score (nSPS) is 27.5. The van der Waals surface area contributed by atoms with E-state index < -0.39 is 30.0 Å². The van der Waals surface area contributed by atoms with Crippen molar-refractivity contribution in [1.82, 2.24) is 0 Å². The van der Waals surface area contributed by atoms with E-state index >= 15 is 0 Å². The van der Waals surface area contributed by atoms with Crippen molar-refractivity contribution in [1.29, 1.82) is 0 Å². The maximum atomic E-state index is 11.5. The first-order valence-corrected chi connectivity index (χ1v) is 10.1. The number of hydrogen-bond donors (Lipinski definition) is 1. The van der Waals surface area contributed by atoms with Crippen LogP contribution in [0.4, 0.5) is 0 Å². The number of aliphatic hydroxyl groups is 1. The molecule has 0 spiro atoms. The molecule has 6 heteroatoms. The van der Waals surface area contributed by atoms with Crippen LogP contribution in [-0.2, 0) is 14.9 Å². The zero-order valence-electron chi connectivity index (χ0n) is 17.0. The van der Waals surface area contributed by atoms with Crippen molar-refractivity contribution in [2.75, 3.05) is 0 Å². The standard InChI is InChI=1S/C22H26BClO4/c1-6-22(14-10-8-7-9-11-14)19(25)17-16(26-22)13-12-15(24)18(17)23-27-20(2,3)21(4,5)28-23/h7-13,19,25H,6H2,1-5H3/t19-,22+/m0/s1. The maximum absolute atomic E-state index is 11.5. The van der Waals surface area contributed by atoms with Crippen molar-refractivity contribution in [3.05, 3.63) is 58.6 Å². The van der Waals surface area contributed by atoms with E-state index in [1.807, 2.05) is 71.0 Å². The third-order valence-corrected chi connectivity index (χ3v) is 6.81. The summed E-state index contributed by atoms with van der Waals surface area (Å²) < 4.78 is 18.9. The second kappa shape index (κ2) is 6.49. The molecule has 2 aliphatic heterocycles. The van der Waals surface area contributed by atoms with Crippen LogP contribution < -0.4 is 10.2 Å². The van der Waals surface area contributed by atoms with Crippen LogP contribution in [0.3, 0.4) is 0 Å². The van der Waals surface area contributed by atoms with E-state index in [2.05, 4.69) is 0 Å². The highest BCUT2D eigenvalue weighted by molar-refractivity contribution is 6.66. The van der Waals surface area contributed by atoms with Gasteiger partial charge in [0.05, 0.1) is 11.2 Å². The Morgan fingerprint density at radius 2 is 1.61 bits per heavy atom. The second-order valence-corrected chi connectivity index (χ2v) is 8.98. The number of benzene rings is 2. The zero-order chi connectivity index (χ0) is 20.3. The number of halogens is 1. The minimum atomic E-state index is -0.886. The Morgan fingerprint density at radius 3 is 2.18 bits per heavy atom. The molecule has 0 aromatic heterocycles. The minimum absolute atomic E-state index is 0.500. The van der Waals surface area contributed by atoms with Crippen LogP contribution in [0.5, 0.6) is 5.75 Å². The van der Waals surface area contributed by atoms with Gasteiger partial charge in [0.25, 0.3) is 0 Å². The van der Waals surface area contributed by atoms with Gasteiger partial charge in [-0.3, -0.25) is 0 Å². The monoisotopic (exact) mass is 400 g/mol. The molecule has 1 fully saturated rings. The Kier molecular flexibility index (Phi) is 4.59. The van der Waals surface area contributed by atoms with Crippen LogP contribution in [0.25, 0.3) is 0 Å². The predicted molar refractivity (Wildman–Crippen MR) is 111 cm³/mol. The maximum Gasteiger partial charge on any atom is 0.496 e. The van der Waals surface area contributed by atoms with E-state index in [9.17, 15) is 5.11 Å². The Balaban J connectivity index is 1.83. The number of ether oxygens (including phenoxy) is 1. The molecule has 1 N–H and O–H groups in total. The first kappa shape index (κ1) is 19.8. The molecule has 148 valence electrons. The fourth-order valence-electron chi connectivity index (χ4n) is 4.05. The Hall–Kier alpha value is -1.53. The highest BCUT2D eigenvalue weighted by atomic mass is 35.5. The Labute approximate surface area is 171 Å². The summed E-state index contributed by atoms with van der Waals surface area (Å²) in [6, 6.07) is 13.4. The van der Waals surface area contributed by atoms with Crippen LogP contribution in [-0.4, -0.2) is 23.4 Å². The van der Waals surface area contributed by atoms with E-state index in [0.717, 1.165) is 5.56 Å². The fraction of sp³-hybridized carbons (Fsp3) is 0.455. The van der Waals surface area contributed by atoms with Crippen LogP contribution >= 0.6 is 11.6 Å². The average Bonchev–Trinajstić information content (AvgIpc) is 3.06. The Morgan fingerprint density at radius 1 is 1.00 bits per heavy atom. The van der Waals surface area contributed by atoms with Crippen molar-refractivity contribution in [2.24, 2.45) is 0 Å². The van der Waals surface area contributed by atoms with Crippen molar-refractivity contribution < 1.29 is 19.2 Å². The molecule has 0 unspecified atom stereocenters. The summed E-state index contributed by atoms with van der Waals surface area (Å²) in [5.74, 6) is 0.618. The van der Waals surface area contributed by atoms with Gasteiger partial charge < -0.3 is 19.2 Å². The fourth-order valence-corrected chi connectivity index (χ4v) is 4.31. The van der Waals surface area contributed by atoms with E-state index in [4.69, 9.17) is 25.6 Å². The second-order valence-electron chi connectivity index (χ2n) is 8.57. The molecule has 28 heavy (non-hydrogen) atoms. The lowest BCUT2D eigenvalue weighted by molar-refractivity contribution is -0.0357. The first-order valence-electron chi connectivity index (χ1n) is 9.73. The van der Waals surface area contributed by atoms with Gasteiger partial charge in [0.2, 0.25) is 0 Å². The summed E-state index contributed by atoms with van der Waals surface area (Å²) in [5.41, 5.74) is 0.350. The molecule has 2 aliphatic rings. The molecule has 0 radical (unpaired) electrons. The number of aliphatic hydroxyl groups excluding tert-OH is 1. The lowest BCUT2D eigenvalue weighted by Gasteiger charge is -2.32. The first-order chi connectivity index (χ1) is 13.1. The summed E-state index contributed by atoms with van der Waals surface area (Å²) in [7, 11) is -0.672. The summed E-state index contributed by atoms with van der Waals surface area (Å²) in [6.07, 6.45) is -0.282. The third-order valence-electron chi connectivity index (χ3n) is 6.48. The van der Waals surface area contributed by atoms with E-state index in [1.165, 1.54) is 0 Å². The molecule has 2 atom stereocenters. The van der Waals surface area contributed by atoms with E-state index in [1.54, 1.807) is 6.07 Å². The van der Waals surface area contributed by atoms with Crippen molar-refractivity contribution in [3.8, 4) is 5.75 Å². The predicted octanol–water partition coefficient (Wildman–Crippen LogP) is 4.37. The van der Waals surface area contributed by atoms with E-state index in [-0.39, 0.29) is 0 Å². The smallest absolute Gasteiger partial charge is 0.479 e. The summed E-state index contributed by atoms with van der Waals surface area (Å²) >= 11 is 6.60. The molecule has 0 aliphatic carbocycles. The molecule has 4 rings (SSSR count). The molecule has 0 saturated carbocycles. The van der Waals surface area contributed by atoms with Gasteiger partial charge in [-0.2, -0.15) is 0 Å². The quantitative estimate of drug-likeness (QED) is 0.777. The van der Waals surface area contributed by atoms with Gasteiger partial charge in [0, 0.05) is 16.0 Å². The zero-order valence-corrected chi connectivity index (χ0v) is 17.7. The molecule has 0 amide bonds. The summed E-state index contributed by atoms with van der Waals surface area (Å²) in [5, 5.41) is 12.0. The van der Waals surface area contributed by atoms with Crippen LogP contribution in [0, 0.1) is 0 Å². The lowest BCUT2D eigenvalue weighted by atomic mass is 9.72. The van der Waals surface area contributed by atoms with Gasteiger partial charge in [-0.1, -0.05) is 48.9 Å². The van der Waals surface area contributed by atoms with Gasteiger partial charge in [0.1, 0.15) is 11.9 Å². The van der Waals surface area contributed by atoms with Crippen molar-refractivity contribution in [2.45, 2.75) is 63.9 Å². The molecule has 0 bridgehead atoms. The van der Waals surface area contributed by atoms with Gasteiger partial charge in [0.15, 0.2) is 5.60 Å². The molecular weight excluding hydrogens is 375 g/mol. The number of hydrogen-bond acceptors (Lipinski definition) is 4. The topological polar surface area (TPSA) is 47.9 Å². The van der Waals surface area contributed by atoms with Crippen molar-refractivity contribution in [3.63, 3.8) is 0 Å². The summed E-state index contributed by atoms with van der Waals surface area (Å²) in [4.78, 5) is 0. The number of fused-ring (bicyclic) bond motifs is 1. The van der Waals surface area contributed by atoms with Gasteiger partial charge in [-0.15, -0.1) is 0 Å². The van der Waals surface area contributed by atoms with E-state index in [0.29, 0.717) is 28.2 Å². The van der Waals surface area contributed by atoms with Gasteiger partial charge in [-0.25, -0.2) is 0 Å². The lowest BCUT2D eigenvalue weighted by Crippen LogP contribution is -2.41. The number of rotatable bonds is 3. The van der Waals surface area contributed by atoms with Crippen molar-refractivity contribution >= 4 is 24.2 Å². The summed E-state index contributed by atoms with van der Waals surface area (Å²) in [6.45, 7) is 10.0. The molecule has 2 heterocycles. The highest BCUT2D eigenvalue weighted by Gasteiger charge is 2.56. The average molecular weight is 401 g/mol.